The normalized spacial score (nSPS) is 21.4. The van der Waals surface area contributed by atoms with Gasteiger partial charge in [-0.05, 0) is 88.6 Å². The van der Waals surface area contributed by atoms with Gasteiger partial charge in [0.15, 0.2) is 0 Å². The Morgan fingerprint density at radius 2 is 1.49 bits per heavy atom. The number of hydrogen-bond donors (Lipinski definition) is 1. The highest BCUT2D eigenvalue weighted by atomic mass is 19.1. The summed E-state index contributed by atoms with van der Waals surface area (Å²) >= 11 is 0. The maximum absolute atomic E-state index is 13.7. The molecule has 6 nitrogen and oxygen atoms in total. The second-order valence-electron chi connectivity index (χ2n) is 12.0. The van der Waals surface area contributed by atoms with Gasteiger partial charge in [0.25, 0.3) is 0 Å². The van der Waals surface area contributed by atoms with Gasteiger partial charge in [-0.3, -0.25) is 9.13 Å². The Kier molecular flexibility index (Phi) is 8.83. The van der Waals surface area contributed by atoms with E-state index in [1.165, 1.54) is 76.3 Å². The molecule has 0 saturated heterocycles. The van der Waals surface area contributed by atoms with Gasteiger partial charge in [-0.15, -0.1) is 0 Å². The van der Waals surface area contributed by atoms with Crippen LogP contribution < -0.4 is 11.0 Å². The molecule has 2 aliphatic carbocycles. The number of aromatic nitrogens is 4. The van der Waals surface area contributed by atoms with Crippen molar-refractivity contribution in [3.8, 4) is 17.1 Å². The van der Waals surface area contributed by atoms with Gasteiger partial charge in [-0.1, -0.05) is 51.4 Å². The molecule has 2 heterocycles. The average molecular weight is 534 g/mol. The van der Waals surface area contributed by atoms with Crippen molar-refractivity contribution >= 4 is 5.95 Å². The fraction of sp³-hybridized carbons (Fsp3) is 0.594. The molecule has 2 aromatic heterocycles. The maximum Gasteiger partial charge on any atom is 0.333 e. The summed E-state index contributed by atoms with van der Waals surface area (Å²) in [5, 5.41) is 3.61. The number of hydrogen-bond acceptors (Lipinski definition) is 4. The quantitative estimate of drug-likeness (QED) is 0.350. The molecule has 3 aromatic rings. The van der Waals surface area contributed by atoms with E-state index in [2.05, 4.69) is 10.3 Å². The maximum atomic E-state index is 13.7. The lowest BCUT2D eigenvalue weighted by Gasteiger charge is -2.34. The van der Waals surface area contributed by atoms with Crippen molar-refractivity contribution in [1.29, 1.82) is 0 Å². The van der Waals surface area contributed by atoms with Crippen LogP contribution in [0.15, 0.2) is 41.3 Å². The third-order valence-corrected chi connectivity index (χ3v) is 9.00. The third kappa shape index (κ3) is 6.28. The highest BCUT2D eigenvalue weighted by molar-refractivity contribution is 5.62. The summed E-state index contributed by atoms with van der Waals surface area (Å²) in [7, 11) is 0. The summed E-state index contributed by atoms with van der Waals surface area (Å²) in [6, 6.07) is 8.25. The topological polar surface area (TPSA) is 64.7 Å². The van der Waals surface area contributed by atoms with Crippen LogP contribution in [0.5, 0.6) is 0 Å². The molecule has 0 amide bonds. The van der Waals surface area contributed by atoms with Crippen LogP contribution in [0, 0.1) is 24.6 Å². The molecule has 0 unspecified atom stereocenters. The molecule has 7 heteroatoms. The SMILES string of the molecule is Cc1c(-c2ccnc(NC3CCC(C4CCCCCCCC4)CC3)n2)n(-c2ccc(F)cc2)c(=O)n1C(C)C. The number of rotatable bonds is 6. The molecular formula is C32H44FN5O. The van der Waals surface area contributed by atoms with Crippen LogP contribution >= 0.6 is 0 Å². The van der Waals surface area contributed by atoms with Crippen LogP contribution in [0.2, 0.25) is 0 Å². The molecule has 0 radical (unpaired) electrons. The Morgan fingerprint density at radius 3 is 2.13 bits per heavy atom. The largest absolute Gasteiger partial charge is 0.351 e. The molecule has 0 atom stereocenters. The van der Waals surface area contributed by atoms with Gasteiger partial charge in [0.05, 0.1) is 17.1 Å². The van der Waals surface area contributed by atoms with Gasteiger partial charge >= 0.3 is 5.69 Å². The number of benzene rings is 1. The van der Waals surface area contributed by atoms with Crippen molar-refractivity contribution < 1.29 is 4.39 Å². The summed E-state index contributed by atoms with van der Waals surface area (Å²) in [4.78, 5) is 22.9. The van der Waals surface area contributed by atoms with Gasteiger partial charge in [0.2, 0.25) is 5.95 Å². The number of nitrogens with one attached hydrogen (secondary N) is 1. The number of nitrogens with zero attached hydrogens (tertiary/aromatic N) is 4. The molecule has 39 heavy (non-hydrogen) atoms. The molecule has 1 aromatic carbocycles. The van der Waals surface area contributed by atoms with E-state index in [4.69, 9.17) is 4.98 Å². The summed E-state index contributed by atoms with van der Waals surface area (Å²) < 4.78 is 17.1. The molecule has 0 spiro atoms. The first kappa shape index (κ1) is 27.6. The first-order valence-corrected chi connectivity index (χ1v) is 15.1. The standard InChI is InChI=1S/C32H44FN5O/c1-22(2)37-23(3)30(38(32(37)39)28-18-14-26(33)15-19-28)29-20-21-34-31(36-29)35-27-16-12-25(13-17-27)24-10-8-6-4-5-7-9-11-24/h14-15,18-22,24-25,27H,4-13,16-17H2,1-3H3,(H,34,35,36). The second-order valence-corrected chi connectivity index (χ2v) is 12.0. The van der Waals surface area contributed by atoms with Gasteiger partial charge < -0.3 is 5.32 Å². The molecule has 2 fully saturated rings. The zero-order valence-electron chi connectivity index (χ0n) is 23.8. The third-order valence-electron chi connectivity index (χ3n) is 9.00. The molecule has 0 bridgehead atoms. The lowest BCUT2D eigenvalue weighted by molar-refractivity contribution is 0.211. The summed E-state index contributed by atoms with van der Waals surface area (Å²) in [6.45, 7) is 5.94. The van der Waals surface area contributed by atoms with E-state index in [0.717, 1.165) is 36.1 Å². The number of anilines is 1. The molecular weight excluding hydrogens is 489 g/mol. The Balaban J connectivity index is 1.34. The van der Waals surface area contributed by atoms with Gasteiger partial charge in [-0.25, -0.2) is 19.2 Å². The molecule has 2 saturated carbocycles. The number of halogens is 1. The van der Waals surface area contributed by atoms with Crippen molar-refractivity contribution in [2.24, 2.45) is 11.8 Å². The molecule has 1 N–H and O–H groups in total. The predicted molar refractivity (Wildman–Crippen MR) is 156 cm³/mol. The van der Waals surface area contributed by atoms with Crippen LogP contribution in [0.3, 0.4) is 0 Å². The smallest absolute Gasteiger partial charge is 0.333 e. The van der Waals surface area contributed by atoms with E-state index < -0.39 is 0 Å². The van der Waals surface area contributed by atoms with Crippen molar-refractivity contribution in [2.75, 3.05) is 5.32 Å². The first-order chi connectivity index (χ1) is 18.9. The van der Waals surface area contributed by atoms with Crippen LogP contribution in [0.4, 0.5) is 10.3 Å². The Labute approximate surface area is 232 Å². The predicted octanol–water partition coefficient (Wildman–Crippen LogP) is 7.85. The average Bonchev–Trinajstić information content (AvgIpc) is 3.27. The monoisotopic (exact) mass is 533 g/mol. The first-order valence-electron chi connectivity index (χ1n) is 15.1. The summed E-state index contributed by atoms with van der Waals surface area (Å²) in [6.07, 6.45) is 17.9. The summed E-state index contributed by atoms with van der Waals surface area (Å²) in [5.74, 6) is 2.03. The van der Waals surface area contributed by atoms with Crippen LogP contribution in [-0.4, -0.2) is 25.1 Å². The molecule has 5 rings (SSSR count). The van der Waals surface area contributed by atoms with E-state index in [0.29, 0.717) is 23.4 Å². The van der Waals surface area contributed by atoms with Crippen LogP contribution in [-0.2, 0) is 0 Å². The number of imidazole rings is 1. The minimum absolute atomic E-state index is 0.0187. The zero-order chi connectivity index (χ0) is 27.4. The van der Waals surface area contributed by atoms with E-state index in [9.17, 15) is 9.18 Å². The lowest BCUT2D eigenvalue weighted by Crippen LogP contribution is -2.30. The van der Waals surface area contributed by atoms with Crippen LogP contribution in [0.25, 0.3) is 17.1 Å². The highest BCUT2D eigenvalue weighted by Crippen LogP contribution is 2.37. The fourth-order valence-electron chi connectivity index (χ4n) is 6.97. The van der Waals surface area contributed by atoms with Gasteiger partial charge in [0.1, 0.15) is 5.82 Å². The zero-order valence-corrected chi connectivity index (χ0v) is 23.8. The fourth-order valence-corrected chi connectivity index (χ4v) is 6.97. The molecule has 210 valence electrons. The highest BCUT2D eigenvalue weighted by Gasteiger charge is 2.28. The minimum atomic E-state index is -0.332. The van der Waals surface area contributed by atoms with Gasteiger partial charge in [0, 0.05) is 24.0 Å². The Bertz CT molecular complexity index is 1280. The summed E-state index contributed by atoms with van der Waals surface area (Å²) in [5.41, 5.74) is 2.70. The van der Waals surface area contributed by atoms with E-state index in [1.54, 1.807) is 27.5 Å². The van der Waals surface area contributed by atoms with E-state index in [-0.39, 0.29) is 17.5 Å². The minimum Gasteiger partial charge on any atom is -0.351 e. The van der Waals surface area contributed by atoms with E-state index >= 15 is 0 Å². The molecule has 2 aliphatic rings. The van der Waals surface area contributed by atoms with Crippen molar-refractivity contribution in [1.82, 2.24) is 19.1 Å². The second kappa shape index (κ2) is 12.5. The lowest BCUT2D eigenvalue weighted by atomic mass is 9.74. The Hall–Kier alpha value is -2.96. The Morgan fingerprint density at radius 1 is 0.872 bits per heavy atom. The van der Waals surface area contributed by atoms with Crippen molar-refractivity contribution in [3.63, 3.8) is 0 Å². The van der Waals surface area contributed by atoms with Gasteiger partial charge in [-0.2, -0.15) is 0 Å². The van der Waals surface area contributed by atoms with Crippen molar-refractivity contribution in [2.45, 2.75) is 110 Å². The van der Waals surface area contributed by atoms with Crippen LogP contribution in [0.1, 0.15) is 103 Å². The van der Waals surface area contributed by atoms with E-state index in [1.807, 2.05) is 26.8 Å². The van der Waals surface area contributed by atoms with Crippen molar-refractivity contribution in [3.05, 3.63) is 58.5 Å². The molecule has 0 aliphatic heterocycles.